The van der Waals surface area contributed by atoms with Crippen molar-refractivity contribution in [2.75, 3.05) is 5.73 Å². The van der Waals surface area contributed by atoms with Crippen LogP contribution in [0, 0.1) is 0 Å². The van der Waals surface area contributed by atoms with Crippen molar-refractivity contribution >= 4 is 11.7 Å². The summed E-state index contributed by atoms with van der Waals surface area (Å²) in [5, 5.41) is 8.98. The first-order valence-electron chi connectivity index (χ1n) is 5.80. The summed E-state index contributed by atoms with van der Waals surface area (Å²) in [6.07, 6.45) is 6.08. The number of nitrogen functional groups attached to an aromatic ring is 1. The molecule has 0 spiro atoms. The van der Waals surface area contributed by atoms with E-state index >= 15 is 0 Å². The number of carbonyl (C=O) groups is 1. The second kappa shape index (κ2) is 4.56. The van der Waals surface area contributed by atoms with E-state index in [1.165, 1.54) is 25.3 Å². The number of hydrogen-bond donors (Lipinski definition) is 2. The fourth-order valence-corrected chi connectivity index (χ4v) is 2.47. The van der Waals surface area contributed by atoms with Crippen LogP contribution in [0.15, 0.2) is 18.2 Å². The predicted molar refractivity (Wildman–Crippen MR) is 63.6 cm³/mol. The molecule has 0 unspecified atom stereocenters. The third-order valence-corrected chi connectivity index (χ3v) is 3.30. The summed E-state index contributed by atoms with van der Waals surface area (Å²) in [6.45, 7) is 0. The topological polar surface area (TPSA) is 63.3 Å². The minimum Gasteiger partial charge on any atom is -0.478 e. The second-order valence-corrected chi connectivity index (χ2v) is 4.53. The molecular weight excluding hydrogens is 202 g/mol. The lowest BCUT2D eigenvalue weighted by atomic mass is 9.83. The fourth-order valence-electron chi connectivity index (χ4n) is 2.47. The zero-order chi connectivity index (χ0) is 11.5. The van der Waals surface area contributed by atoms with Crippen molar-refractivity contribution in [1.82, 2.24) is 0 Å². The molecule has 3 N–H and O–H groups in total. The Bertz CT molecular complexity index is 395. The normalized spacial score (nSPS) is 17.2. The van der Waals surface area contributed by atoms with Crippen molar-refractivity contribution in [1.29, 1.82) is 0 Å². The molecule has 3 heteroatoms. The highest BCUT2D eigenvalue weighted by atomic mass is 16.4. The molecule has 86 valence electrons. The fraction of sp³-hybridized carbons (Fsp3) is 0.462. The van der Waals surface area contributed by atoms with E-state index in [9.17, 15) is 4.79 Å². The Hall–Kier alpha value is -1.51. The van der Waals surface area contributed by atoms with Crippen molar-refractivity contribution in [3.63, 3.8) is 0 Å². The van der Waals surface area contributed by atoms with Gasteiger partial charge in [0.1, 0.15) is 0 Å². The number of nitrogens with two attached hydrogens (primary N) is 1. The maximum atomic E-state index is 10.9. The average molecular weight is 219 g/mol. The van der Waals surface area contributed by atoms with Crippen LogP contribution in [0.2, 0.25) is 0 Å². The molecule has 1 aromatic carbocycles. The van der Waals surface area contributed by atoms with Gasteiger partial charge in [-0.15, -0.1) is 0 Å². The first-order valence-corrected chi connectivity index (χ1v) is 5.80. The summed E-state index contributed by atoms with van der Waals surface area (Å²) in [5.74, 6) is -0.403. The van der Waals surface area contributed by atoms with E-state index in [0.29, 0.717) is 17.2 Å². The van der Waals surface area contributed by atoms with Crippen molar-refractivity contribution in [3.8, 4) is 0 Å². The Morgan fingerprint density at radius 3 is 2.50 bits per heavy atom. The highest BCUT2D eigenvalue weighted by Crippen LogP contribution is 2.33. The summed E-state index contributed by atoms with van der Waals surface area (Å²) in [6, 6.07) is 5.21. The van der Waals surface area contributed by atoms with Gasteiger partial charge in [0.15, 0.2) is 0 Å². The van der Waals surface area contributed by atoms with Gasteiger partial charge in [-0.2, -0.15) is 0 Å². The molecule has 0 bridgehead atoms. The Labute approximate surface area is 95.3 Å². The summed E-state index contributed by atoms with van der Waals surface area (Å²) in [5.41, 5.74) is 7.70. The Balaban J connectivity index is 2.28. The molecule has 1 fully saturated rings. The van der Waals surface area contributed by atoms with Crippen LogP contribution in [0.25, 0.3) is 0 Å². The van der Waals surface area contributed by atoms with Crippen LogP contribution in [-0.2, 0) is 0 Å². The van der Waals surface area contributed by atoms with Crippen LogP contribution in [0.4, 0.5) is 5.69 Å². The van der Waals surface area contributed by atoms with Crippen molar-refractivity contribution in [2.24, 2.45) is 0 Å². The number of hydrogen-bond acceptors (Lipinski definition) is 2. The van der Waals surface area contributed by atoms with Crippen molar-refractivity contribution in [2.45, 2.75) is 38.0 Å². The monoisotopic (exact) mass is 219 g/mol. The van der Waals surface area contributed by atoms with E-state index in [1.54, 1.807) is 6.07 Å². The van der Waals surface area contributed by atoms with Crippen LogP contribution >= 0.6 is 0 Å². The van der Waals surface area contributed by atoms with Gasteiger partial charge in [0.05, 0.1) is 5.56 Å². The smallest absolute Gasteiger partial charge is 0.335 e. The first-order chi connectivity index (χ1) is 7.66. The summed E-state index contributed by atoms with van der Waals surface area (Å²) >= 11 is 0. The second-order valence-electron chi connectivity index (χ2n) is 4.53. The summed E-state index contributed by atoms with van der Waals surface area (Å²) < 4.78 is 0. The molecule has 2 rings (SSSR count). The van der Waals surface area contributed by atoms with Gasteiger partial charge in [-0.05, 0) is 42.5 Å². The van der Waals surface area contributed by atoms with Gasteiger partial charge in [-0.25, -0.2) is 4.79 Å². The van der Waals surface area contributed by atoms with E-state index in [4.69, 9.17) is 10.8 Å². The molecule has 0 aliphatic heterocycles. The molecular formula is C13H17NO2. The number of carboxylic acid groups (broad SMARTS) is 1. The lowest BCUT2D eigenvalue weighted by Crippen LogP contribution is -2.07. The van der Waals surface area contributed by atoms with E-state index < -0.39 is 5.97 Å². The first kappa shape index (κ1) is 11.0. The molecule has 1 saturated carbocycles. The number of anilines is 1. The third-order valence-electron chi connectivity index (χ3n) is 3.30. The van der Waals surface area contributed by atoms with Gasteiger partial charge in [0, 0.05) is 5.69 Å². The largest absolute Gasteiger partial charge is 0.478 e. The standard InChI is InChI=1S/C13H17NO2/c14-12-7-10(6-11(8-12)13(15)16)9-4-2-1-3-5-9/h6-9H,1-5,14H2,(H,15,16). The van der Waals surface area contributed by atoms with Crippen LogP contribution in [-0.4, -0.2) is 11.1 Å². The highest BCUT2D eigenvalue weighted by molar-refractivity contribution is 5.89. The van der Waals surface area contributed by atoms with Crippen LogP contribution in [0.3, 0.4) is 0 Å². The Morgan fingerprint density at radius 2 is 1.88 bits per heavy atom. The number of carboxylic acids is 1. The van der Waals surface area contributed by atoms with Crippen LogP contribution in [0.1, 0.15) is 53.9 Å². The van der Waals surface area contributed by atoms with Gasteiger partial charge >= 0.3 is 5.97 Å². The predicted octanol–water partition coefficient (Wildman–Crippen LogP) is 3.01. The highest BCUT2D eigenvalue weighted by Gasteiger charge is 2.17. The molecule has 0 radical (unpaired) electrons. The maximum absolute atomic E-state index is 10.9. The molecule has 1 aliphatic carbocycles. The summed E-state index contributed by atoms with van der Waals surface area (Å²) in [7, 11) is 0. The number of benzene rings is 1. The zero-order valence-electron chi connectivity index (χ0n) is 9.28. The van der Waals surface area contributed by atoms with Gasteiger partial charge in [-0.1, -0.05) is 19.3 Å². The average Bonchev–Trinajstić information content (AvgIpc) is 2.29. The van der Waals surface area contributed by atoms with Crippen molar-refractivity contribution < 1.29 is 9.90 Å². The molecule has 3 nitrogen and oxygen atoms in total. The van der Waals surface area contributed by atoms with Crippen LogP contribution < -0.4 is 5.73 Å². The number of aromatic carboxylic acids is 1. The minimum absolute atomic E-state index is 0.306. The van der Waals surface area contributed by atoms with Gasteiger partial charge < -0.3 is 10.8 Å². The lowest BCUT2D eigenvalue weighted by Gasteiger charge is -2.22. The quantitative estimate of drug-likeness (QED) is 0.751. The minimum atomic E-state index is -0.899. The molecule has 0 heterocycles. The maximum Gasteiger partial charge on any atom is 0.335 e. The van der Waals surface area contributed by atoms with E-state index in [2.05, 4.69) is 0 Å². The SMILES string of the molecule is Nc1cc(C(=O)O)cc(C2CCCCC2)c1. The van der Waals surface area contributed by atoms with Crippen LogP contribution in [0.5, 0.6) is 0 Å². The van der Waals surface area contributed by atoms with E-state index in [1.807, 2.05) is 6.07 Å². The molecule has 16 heavy (non-hydrogen) atoms. The lowest BCUT2D eigenvalue weighted by molar-refractivity contribution is 0.0697. The summed E-state index contributed by atoms with van der Waals surface area (Å²) in [4.78, 5) is 10.9. The number of rotatable bonds is 2. The van der Waals surface area contributed by atoms with Gasteiger partial charge in [0.25, 0.3) is 0 Å². The van der Waals surface area contributed by atoms with E-state index in [-0.39, 0.29) is 0 Å². The van der Waals surface area contributed by atoms with E-state index in [0.717, 1.165) is 18.4 Å². The van der Waals surface area contributed by atoms with Gasteiger partial charge in [0.2, 0.25) is 0 Å². The zero-order valence-corrected chi connectivity index (χ0v) is 9.28. The Kier molecular flexibility index (Phi) is 3.13. The van der Waals surface area contributed by atoms with Gasteiger partial charge in [-0.3, -0.25) is 0 Å². The Morgan fingerprint density at radius 1 is 1.19 bits per heavy atom. The molecule has 0 amide bonds. The van der Waals surface area contributed by atoms with Crippen molar-refractivity contribution in [3.05, 3.63) is 29.3 Å². The molecule has 0 saturated heterocycles. The molecule has 0 atom stereocenters. The molecule has 0 aromatic heterocycles. The molecule has 1 aliphatic rings. The molecule has 1 aromatic rings. The third kappa shape index (κ3) is 2.35.